The van der Waals surface area contributed by atoms with Crippen molar-refractivity contribution >= 4 is 38.7 Å². The first-order valence-corrected chi connectivity index (χ1v) is 11.1. The average molecular weight is 480 g/mol. The van der Waals surface area contributed by atoms with E-state index < -0.39 is 0 Å². The number of benzene rings is 2. The molecule has 158 valence electrons. The van der Waals surface area contributed by atoms with Crippen molar-refractivity contribution in [2.24, 2.45) is 7.05 Å². The third-order valence-electron chi connectivity index (χ3n) is 5.82. The Morgan fingerprint density at radius 3 is 2.48 bits per heavy atom. The first-order valence-electron chi connectivity index (χ1n) is 10.3. The van der Waals surface area contributed by atoms with Crippen LogP contribution in [0.4, 0.5) is 11.6 Å². The van der Waals surface area contributed by atoms with Gasteiger partial charge < -0.3 is 9.47 Å². The van der Waals surface area contributed by atoms with E-state index in [1.54, 1.807) is 7.05 Å². The van der Waals surface area contributed by atoms with E-state index in [0.29, 0.717) is 36.6 Å². The van der Waals surface area contributed by atoms with Crippen LogP contribution in [0.1, 0.15) is 12.0 Å². The summed E-state index contributed by atoms with van der Waals surface area (Å²) in [5.74, 6) is 0.705. The molecule has 7 nitrogen and oxygen atoms in total. The second kappa shape index (κ2) is 7.85. The van der Waals surface area contributed by atoms with Crippen LogP contribution in [0, 0.1) is 0 Å². The molecule has 1 aliphatic heterocycles. The molecule has 0 unspecified atom stereocenters. The maximum atomic E-state index is 13.4. The van der Waals surface area contributed by atoms with Crippen molar-refractivity contribution in [2.45, 2.75) is 25.9 Å². The molecule has 0 radical (unpaired) electrons. The Morgan fingerprint density at radius 2 is 1.74 bits per heavy atom. The van der Waals surface area contributed by atoms with Crippen LogP contribution in [0.5, 0.6) is 0 Å². The maximum Gasteiger partial charge on any atom is 0.332 e. The van der Waals surface area contributed by atoms with E-state index in [4.69, 9.17) is 4.98 Å². The highest BCUT2D eigenvalue weighted by Crippen LogP contribution is 2.31. The molecule has 0 saturated heterocycles. The lowest BCUT2D eigenvalue weighted by molar-refractivity contribution is 0.585. The zero-order valence-corrected chi connectivity index (χ0v) is 18.7. The molecule has 0 atom stereocenters. The summed E-state index contributed by atoms with van der Waals surface area (Å²) < 4.78 is 5.79. The van der Waals surface area contributed by atoms with Crippen molar-refractivity contribution in [2.75, 3.05) is 11.4 Å². The fourth-order valence-corrected chi connectivity index (χ4v) is 4.48. The van der Waals surface area contributed by atoms with E-state index in [1.165, 1.54) is 9.13 Å². The zero-order chi connectivity index (χ0) is 21.5. The van der Waals surface area contributed by atoms with Crippen LogP contribution in [0.2, 0.25) is 0 Å². The van der Waals surface area contributed by atoms with Crippen LogP contribution in [-0.4, -0.2) is 25.2 Å². The lowest BCUT2D eigenvalue weighted by Crippen LogP contribution is -2.40. The summed E-state index contributed by atoms with van der Waals surface area (Å²) in [5.41, 5.74) is 2.42. The van der Waals surface area contributed by atoms with Gasteiger partial charge in [0.2, 0.25) is 5.95 Å². The Labute approximate surface area is 187 Å². The summed E-state index contributed by atoms with van der Waals surface area (Å²) in [6, 6.07) is 17.9. The second-order valence-electron chi connectivity index (χ2n) is 7.75. The van der Waals surface area contributed by atoms with Crippen LogP contribution in [-0.2, 0) is 26.6 Å². The second-order valence-corrected chi connectivity index (χ2v) is 8.67. The van der Waals surface area contributed by atoms with Crippen molar-refractivity contribution in [1.29, 1.82) is 0 Å². The van der Waals surface area contributed by atoms with Crippen LogP contribution < -0.4 is 16.1 Å². The van der Waals surface area contributed by atoms with Gasteiger partial charge in [-0.05, 0) is 42.7 Å². The highest BCUT2D eigenvalue weighted by Gasteiger charge is 2.26. The minimum absolute atomic E-state index is 0.273. The summed E-state index contributed by atoms with van der Waals surface area (Å²) >= 11 is 3.47. The van der Waals surface area contributed by atoms with Crippen molar-refractivity contribution in [3.63, 3.8) is 0 Å². The monoisotopic (exact) mass is 479 g/mol. The van der Waals surface area contributed by atoms with Gasteiger partial charge in [0.1, 0.15) is 0 Å². The lowest BCUT2D eigenvalue weighted by Gasteiger charge is -2.29. The number of aromatic nitrogens is 4. The number of rotatable bonds is 4. The Hall–Kier alpha value is -3.13. The van der Waals surface area contributed by atoms with Gasteiger partial charge in [0.05, 0.1) is 0 Å². The first kappa shape index (κ1) is 19.8. The minimum Gasteiger partial charge on any atom is -0.312 e. The number of nitrogens with zero attached hydrogens (tertiary/aromatic N) is 5. The first-order chi connectivity index (χ1) is 15.0. The predicted molar refractivity (Wildman–Crippen MR) is 125 cm³/mol. The number of fused-ring (bicyclic) bond motifs is 3. The third kappa shape index (κ3) is 3.40. The molecule has 2 aromatic carbocycles. The summed E-state index contributed by atoms with van der Waals surface area (Å²) in [5, 5.41) is 0. The number of imidazole rings is 1. The summed E-state index contributed by atoms with van der Waals surface area (Å²) in [6.07, 6.45) is 1.51. The van der Waals surface area contributed by atoms with Crippen molar-refractivity contribution in [1.82, 2.24) is 18.7 Å². The molecule has 0 N–H and O–H groups in total. The predicted octanol–water partition coefficient (Wildman–Crippen LogP) is 3.44. The Balaban J connectivity index is 1.62. The standard InChI is InChI=1S/C23H22BrN5O2/c1-26-20-19(21(30)29(23(26)31)15-12-16-6-3-2-4-7-16)28-14-5-13-27(22(28)25-20)18-10-8-17(24)9-11-18/h2-4,6-11H,5,12-15H2,1H3. The number of anilines is 2. The van der Waals surface area contributed by atoms with Crippen LogP contribution in [0.3, 0.4) is 0 Å². The molecule has 4 aromatic rings. The molecule has 3 heterocycles. The number of hydrogen-bond acceptors (Lipinski definition) is 4. The zero-order valence-electron chi connectivity index (χ0n) is 17.2. The van der Waals surface area contributed by atoms with Gasteiger partial charge in [-0.25, -0.2) is 4.79 Å². The fraction of sp³-hybridized carbons (Fsp3) is 0.261. The molecule has 5 rings (SSSR count). The van der Waals surface area contributed by atoms with Crippen molar-refractivity contribution in [3.05, 3.63) is 85.5 Å². The lowest BCUT2D eigenvalue weighted by atomic mass is 10.1. The molecule has 0 spiro atoms. The van der Waals surface area contributed by atoms with E-state index in [2.05, 4.69) is 20.8 Å². The van der Waals surface area contributed by atoms with Gasteiger partial charge in [-0.3, -0.25) is 13.9 Å². The molecule has 2 aromatic heterocycles. The van der Waals surface area contributed by atoms with Gasteiger partial charge in [-0.15, -0.1) is 0 Å². The number of hydrogen-bond donors (Lipinski definition) is 0. The number of halogens is 1. The van der Waals surface area contributed by atoms with E-state index >= 15 is 0 Å². The van der Waals surface area contributed by atoms with Gasteiger partial charge in [0, 0.05) is 36.8 Å². The normalized spacial score (nSPS) is 13.5. The Bertz CT molecular complexity index is 1370. The molecular formula is C23H22BrN5O2. The molecule has 0 aliphatic carbocycles. The topological polar surface area (TPSA) is 65.1 Å². The van der Waals surface area contributed by atoms with Gasteiger partial charge in [-0.1, -0.05) is 46.3 Å². The Morgan fingerprint density at radius 1 is 1.00 bits per heavy atom. The molecular weight excluding hydrogens is 458 g/mol. The quantitative estimate of drug-likeness (QED) is 0.449. The molecule has 0 amide bonds. The SMILES string of the molecule is Cn1c(=O)n(CCc2ccccc2)c(=O)c2c1nc1n2CCCN1c1ccc(Br)cc1. The summed E-state index contributed by atoms with van der Waals surface area (Å²) in [6.45, 7) is 1.84. The van der Waals surface area contributed by atoms with E-state index in [1.807, 2.05) is 59.2 Å². The summed E-state index contributed by atoms with van der Waals surface area (Å²) in [7, 11) is 1.69. The molecule has 8 heteroatoms. The summed E-state index contributed by atoms with van der Waals surface area (Å²) in [4.78, 5) is 33.2. The fourth-order valence-electron chi connectivity index (χ4n) is 4.21. The van der Waals surface area contributed by atoms with E-state index in [0.717, 1.165) is 28.7 Å². The van der Waals surface area contributed by atoms with Crippen molar-refractivity contribution < 1.29 is 0 Å². The molecule has 0 bridgehead atoms. The van der Waals surface area contributed by atoms with Crippen LogP contribution in [0.25, 0.3) is 11.2 Å². The smallest absolute Gasteiger partial charge is 0.312 e. The largest absolute Gasteiger partial charge is 0.332 e. The van der Waals surface area contributed by atoms with Gasteiger partial charge in [0.25, 0.3) is 5.56 Å². The molecule has 31 heavy (non-hydrogen) atoms. The minimum atomic E-state index is -0.334. The van der Waals surface area contributed by atoms with Crippen LogP contribution in [0.15, 0.2) is 68.7 Å². The van der Waals surface area contributed by atoms with Gasteiger partial charge in [0.15, 0.2) is 11.2 Å². The average Bonchev–Trinajstić information content (AvgIpc) is 3.19. The Kier molecular flexibility index (Phi) is 5.02. The van der Waals surface area contributed by atoms with E-state index in [9.17, 15) is 9.59 Å². The van der Waals surface area contributed by atoms with E-state index in [-0.39, 0.29) is 11.2 Å². The molecule has 0 saturated carbocycles. The maximum absolute atomic E-state index is 13.4. The molecule has 1 aliphatic rings. The van der Waals surface area contributed by atoms with Crippen LogP contribution >= 0.6 is 15.9 Å². The van der Waals surface area contributed by atoms with Gasteiger partial charge in [-0.2, -0.15) is 4.98 Å². The van der Waals surface area contributed by atoms with Gasteiger partial charge >= 0.3 is 5.69 Å². The number of aryl methyl sites for hydroxylation is 3. The van der Waals surface area contributed by atoms with Crippen molar-refractivity contribution in [3.8, 4) is 0 Å². The highest BCUT2D eigenvalue weighted by atomic mass is 79.9. The highest BCUT2D eigenvalue weighted by molar-refractivity contribution is 9.10. The third-order valence-corrected chi connectivity index (χ3v) is 6.35. The molecule has 0 fully saturated rings.